The number of aromatic nitrogens is 1. The number of hydrogen-bond donors (Lipinski definition) is 2. The van der Waals surface area contributed by atoms with Crippen LogP contribution in [-0.4, -0.2) is 23.6 Å². The van der Waals surface area contributed by atoms with Crippen LogP contribution in [0.2, 0.25) is 0 Å². The monoisotopic (exact) mass is 313 g/mol. The smallest absolute Gasteiger partial charge is 0.253 e. The summed E-state index contributed by atoms with van der Waals surface area (Å²) in [5.74, 6) is 0.804. The Kier molecular flexibility index (Phi) is 4.09. The lowest BCUT2D eigenvalue weighted by Crippen LogP contribution is -2.24. The Hall–Kier alpha value is -3.09. The van der Waals surface area contributed by atoms with Crippen LogP contribution in [0, 0.1) is 0 Å². The average Bonchev–Trinajstić information content (AvgIpc) is 3.00. The molecule has 7 heteroatoms. The van der Waals surface area contributed by atoms with Gasteiger partial charge in [0, 0.05) is 19.7 Å². The molecule has 3 rings (SSSR count). The summed E-state index contributed by atoms with van der Waals surface area (Å²) in [7, 11) is 0. The summed E-state index contributed by atoms with van der Waals surface area (Å²) in [4.78, 5) is 27.4. The Labute approximate surface area is 132 Å². The summed E-state index contributed by atoms with van der Waals surface area (Å²) < 4.78 is 10.5. The van der Waals surface area contributed by atoms with Crippen LogP contribution >= 0.6 is 0 Å². The van der Waals surface area contributed by atoms with Crippen LogP contribution in [0.1, 0.15) is 22.8 Å². The molecule has 0 fully saturated rings. The summed E-state index contributed by atoms with van der Waals surface area (Å²) in [5.41, 5.74) is 1.62. The molecule has 0 unspecified atom stereocenters. The average molecular weight is 313 g/mol. The lowest BCUT2D eigenvalue weighted by atomic mass is 10.1. The van der Waals surface area contributed by atoms with Crippen LogP contribution in [-0.2, 0) is 11.3 Å². The van der Waals surface area contributed by atoms with Crippen LogP contribution in [0.4, 0.5) is 5.69 Å². The second-order valence-electron chi connectivity index (χ2n) is 4.97. The maximum absolute atomic E-state index is 12.3. The molecule has 2 amide bonds. The van der Waals surface area contributed by atoms with E-state index in [9.17, 15) is 9.59 Å². The van der Waals surface area contributed by atoms with Crippen LogP contribution in [0.25, 0.3) is 0 Å². The first-order chi connectivity index (χ1) is 11.1. The van der Waals surface area contributed by atoms with Gasteiger partial charge in [0.05, 0.1) is 17.4 Å². The minimum atomic E-state index is -0.297. The molecule has 118 valence electrons. The van der Waals surface area contributed by atoms with E-state index in [1.165, 1.54) is 19.3 Å². The van der Waals surface area contributed by atoms with E-state index in [2.05, 4.69) is 15.6 Å². The van der Waals surface area contributed by atoms with Crippen LogP contribution in [0.15, 0.2) is 36.7 Å². The Morgan fingerprint density at radius 1 is 1.22 bits per heavy atom. The summed E-state index contributed by atoms with van der Waals surface area (Å²) in [6, 6.07) is 7.04. The van der Waals surface area contributed by atoms with E-state index in [-0.39, 0.29) is 18.6 Å². The van der Waals surface area contributed by atoms with E-state index in [0.29, 0.717) is 29.3 Å². The zero-order valence-electron chi connectivity index (χ0n) is 12.5. The highest BCUT2D eigenvalue weighted by Crippen LogP contribution is 2.32. The number of fused-ring (bicyclic) bond motifs is 1. The molecule has 2 aromatic rings. The third-order valence-electron chi connectivity index (χ3n) is 3.27. The number of rotatable bonds is 4. The van der Waals surface area contributed by atoms with Crippen LogP contribution in [0.3, 0.4) is 0 Å². The quantitative estimate of drug-likeness (QED) is 0.896. The van der Waals surface area contributed by atoms with Gasteiger partial charge in [-0.15, -0.1) is 0 Å². The third kappa shape index (κ3) is 3.39. The van der Waals surface area contributed by atoms with Crippen LogP contribution in [0.5, 0.6) is 11.5 Å². The molecular formula is C16H15N3O4. The number of benzene rings is 1. The lowest BCUT2D eigenvalue weighted by molar-refractivity contribution is -0.114. The Morgan fingerprint density at radius 2 is 2.04 bits per heavy atom. The molecule has 0 atom stereocenters. The first kappa shape index (κ1) is 14.8. The molecule has 7 nitrogen and oxygen atoms in total. The first-order valence-electron chi connectivity index (χ1n) is 7.02. The molecular weight excluding hydrogens is 298 g/mol. The van der Waals surface area contributed by atoms with Crippen LogP contribution < -0.4 is 20.1 Å². The van der Waals surface area contributed by atoms with Crippen molar-refractivity contribution in [2.24, 2.45) is 0 Å². The zero-order chi connectivity index (χ0) is 16.2. The van der Waals surface area contributed by atoms with Gasteiger partial charge in [-0.25, -0.2) is 0 Å². The second kappa shape index (κ2) is 6.35. The lowest BCUT2D eigenvalue weighted by Gasteiger charge is -2.10. The van der Waals surface area contributed by atoms with E-state index in [0.717, 1.165) is 5.56 Å². The predicted molar refractivity (Wildman–Crippen MR) is 82.3 cm³/mol. The van der Waals surface area contributed by atoms with Gasteiger partial charge in [0.25, 0.3) is 5.91 Å². The number of hydrogen-bond acceptors (Lipinski definition) is 5. The van der Waals surface area contributed by atoms with Gasteiger partial charge >= 0.3 is 0 Å². The Morgan fingerprint density at radius 3 is 2.87 bits per heavy atom. The number of pyridine rings is 1. The number of amides is 2. The molecule has 1 aliphatic heterocycles. The molecule has 23 heavy (non-hydrogen) atoms. The van der Waals surface area contributed by atoms with Crippen molar-refractivity contribution in [3.63, 3.8) is 0 Å². The summed E-state index contributed by atoms with van der Waals surface area (Å²) >= 11 is 0. The van der Waals surface area contributed by atoms with Gasteiger partial charge in [0.2, 0.25) is 12.7 Å². The van der Waals surface area contributed by atoms with E-state index < -0.39 is 0 Å². The maximum Gasteiger partial charge on any atom is 0.253 e. The molecule has 0 spiro atoms. The van der Waals surface area contributed by atoms with Gasteiger partial charge < -0.3 is 20.1 Å². The van der Waals surface area contributed by atoms with E-state index in [1.807, 2.05) is 12.1 Å². The summed E-state index contributed by atoms with van der Waals surface area (Å²) in [6.07, 6.45) is 2.94. The predicted octanol–water partition coefficient (Wildman–Crippen LogP) is 1.70. The summed E-state index contributed by atoms with van der Waals surface area (Å²) in [6.45, 7) is 1.92. The number of nitrogens with one attached hydrogen (secondary N) is 2. The first-order valence-corrected chi connectivity index (χ1v) is 7.02. The minimum Gasteiger partial charge on any atom is -0.454 e. The van der Waals surface area contributed by atoms with Crippen molar-refractivity contribution < 1.29 is 19.1 Å². The molecule has 0 bridgehead atoms. The van der Waals surface area contributed by atoms with Gasteiger partial charge in [-0.2, -0.15) is 0 Å². The van der Waals surface area contributed by atoms with Gasteiger partial charge in [0.15, 0.2) is 11.5 Å². The van der Waals surface area contributed by atoms with Crippen molar-refractivity contribution in [1.29, 1.82) is 0 Å². The van der Waals surface area contributed by atoms with Crippen molar-refractivity contribution in [3.8, 4) is 11.5 Å². The Bertz CT molecular complexity index is 761. The van der Waals surface area contributed by atoms with Crippen molar-refractivity contribution in [2.45, 2.75) is 13.5 Å². The number of carbonyl (C=O) groups is 2. The fourth-order valence-electron chi connectivity index (χ4n) is 2.21. The van der Waals surface area contributed by atoms with E-state index in [4.69, 9.17) is 9.47 Å². The number of carbonyl (C=O) groups excluding carboxylic acids is 2. The largest absolute Gasteiger partial charge is 0.454 e. The van der Waals surface area contributed by atoms with Gasteiger partial charge in [-0.1, -0.05) is 6.07 Å². The highest BCUT2D eigenvalue weighted by molar-refractivity contribution is 6.03. The molecule has 2 N–H and O–H groups in total. The number of nitrogens with zero attached hydrogens (tertiary/aromatic N) is 1. The standard InChI is InChI=1S/C16H15N3O4/c1-10(20)19-13-8-17-5-4-12(13)16(21)18-7-11-2-3-14-15(6-11)23-9-22-14/h2-6,8H,7,9H2,1H3,(H,18,21)(H,19,20). The van der Waals surface area contributed by atoms with E-state index in [1.54, 1.807) is 12.1 Å². The zero-order valence-corrected chi connectivity index (χ0v) is 12.5. The maximum atomic E-state index is 12.3. The van der Waals surface area contributed by atoms with Crippen molar-refractivity contribution in [3.05, 3.63) is 47.8 Å². The van der Waals surface area contributed by atoms with E-state index >= 15 is 0 Å². The van der Waals surface area contributed by atoms with Gasteiger partial charge in [-0.3, -0.25) is 14.6 Å². The number of ether oxygens (including phenoxy) is 2. The third-order valence-corrected chi connectivity index (χ3v) is 3.27. The van der Waals surface area contributed by atoms with Crippen molar-refractivity contribution in [1.82, 2.24) is 10.3 Å². The van der Waals surface area contributed by atoms with Gasteiger partial charge in [-0.05, 0) is 23.8 Å². The fraction of sp³-hybridized carbons (Fsp3) is 0.188. The molecule has 0 saturated heterocycles. The van der Waals surface area contributed by atoms with Crippen molar-refractivity contribution in [2.75, 3.05) is 12.1 Å². The Balaban J connectivity index is 1.69. The topological polar surface area (TPSA) is 89.6 Å². The second-order valence-corrected chi connectivity index (χ2v) is 4.97. The molecule has 0 aliphatic carbocycles. The highest BCUT2D eigenvalue weighted by Gasteiger charge is 2.15. The molecule has 0 saturated carbocycles. The molecule has 0 radical (unpaired) electrons. The minimum absolute atomic E-state index is 0.211. The molecule has 1 aromatic carbocycles. The fourth-order valence-corrected chi connectivity index (χ4v) is 2.21. The molecule has 1 aromatic heterocycles. The summed E-state index contributed by atoms with van der Waals surface area (Å²) in [5, 5.41) is 5.39. The van der Waals surface area contributed by atoms with Gasteiger partial charge in [0.1, 0.15) is 0 Å². The number of anilines is 1. The highest BCUT2D eigenvalue weighted by atomic mass is 16.7. The molecule has 1 aliphatic rings. The normalized spacial score (nSPS) is 11.9. The molecule has 2 heterocycles. The van der Waals surface area contributed by atoms with Crippen molar-refractivity contribution >= 4 is 17.5 Å². The SMILES string of the molecule is CC(=O)Nc1cnccc1C(=O)NCc1ccc2c(c1)OCO2.